The first-order valence-electron chi connectivity index (χ1n) is 27.8. The van der Waals surface area contributed by atoms with Crippen molar-refractivity contribution in [2.75, 3.05) is 13.2 Å². The van der Waals surface area contributed by atoms with E-state index in [1.165, 1.54) is 199 Å². The Morgan fingerprint density at radius 1 is 0.302 bits per heavy atom. The molecule has 0 aromatic carbocycles. The van der Waals surface area contributed by atoms with Crippen molar-refractivity contribution in [1.29, 1.82) is 0 Å². The molecule has 0 rings (SSSR count). The minimum Gasteiger partial charge on any atom is -0.462 e. The minimum absolute atomic E-state index is 0.0712. The van der Waals surface area contributed by atoms with Crippen LogP contribution in [0.3, 0.4) is 0 Å². The number of esters is 3. The molecule has 0 heterocycles. The van der Waals surface area contributed by atoms with E-state index in [1.807, 2.05) is 0 Å². The van der Waals surface area contributed by atoms with Gasteiger partial charge >= 0.3 is 17.9 Å². The normalized spacial score (nSPS) is 12.1. The molecule has 0 fully saturated rings. The lowest BCUT2D eigenvalue weighted by atomic mass is 10.0. The summed E-state index contributed by atoms with van der Waals surface area (Å²) in [5.41, 5.74) is 0. The van der Waals surface area contributed by atoms with Crippen molar-refractivity contribution in [2.24, 2.45) is 0 Å². The molecule has 6 nitrogen and oxygen atoms in total. The molecule has 63 heavy (non-hydrogen) atoms. The fraction of sp³-hybridized carbons (Fsp3) is 0.877. The van der Waals surface area contributed by atoms with Gasteiger partial charge in [0.15, 0.2) is 6.10 Å². The molecule has 0 N–H and O–H groups in total. The molecule has 0 aliphatic rings. The van der Waals surface area contributed by atoms with Gasteiger partial charge in [0, 0.05) is 19.3 Å². The third kappa shape index (κ3) is 50.7. The average molecular weight is 887 g/mol. The molecule has 0 bridgehead atoms. The van der Waals surface area contributed by atoms with Gasteiger partial charge in [-0.2, -0.15) is 0 Å². The van der Waals surface area contributed by atoms with Gasteiger partial charge in [0.2, 0.25) is 0 Å². The molecule has 6 heteroatoms. The van der Waals surface area contributed by atoms with Crippen LogP contribution in [-0.4, -0.2) is 37.2 Å². The van der Waals surface area contributed by atoms with Gasteiger partial charge in [-0.25, -0.2) is 0 Å². The van der Waals surface area contributed by atoms with Gasteiger partial charge in [-0.3, -0.25) is 14.4 Å². The fourth-order valence-corrected chi connectivity index (χ4v) is 8.20. The molecule has 0 radical (unpaired) electrons. The van der Waals surface area contributed by atoms with Gasteiger partial charge in [0.1, 0.15) is 13.2 Å². The zero-order valence-corrected chi connectivity index (χ0v) is 42.4. The van der Waals surface area contributed by atoms with Crippen LogP contribution in [0.15, 0.2) is 24.3 Å². The van der Waals surface area contributed by atoms with E-state index in [0.29, 0.717) is 19.3 Å². The van der Waals surface area contributed by atoms with E-state index >= 15 is 0 Å². The van der Waals surface area contributed by atoms with E-state index < -0.39 is 6.10 Å². The highest BCUT2D eigenvalue weighted by atomic mass is 16.6. The first kappa shape index (κ1) is 60.9. The minimum atomic E-state index is -0.769. The van der Waals surface area contributed by atoms with Crippen molar-refractivity contribution in [3.63, 3.8) is 0 Å². The highest BCUT2D eigenvalue weighted by molar-refractivity contribution is 5.71. The molecule has 0 amide bonds. The number of carbonyl (C=O) groups is 3. The largest absolute Gasteiger partial charge is 0.462 e. The van der Waals surface area contributed by atoms with E-state index in [4.69, 9.17) is 14.2 Å². The molecule has 0 aromatic heterocycles. The summed E-state index contributed by atoms with van der Waals surface area (Å²) in [7, 11) is 0. The SMILES string of the molecule is CCCCCC/C=C\CCCCCCCC(=O)OC(COC(=O)CCCCCCCCC)COC(=O)CCCCCCCCCCCCCCC/C=C\CCCCCCCCCC. The number of allylic oxidation sites excluding steroid dienone is 4. The van der Waals surface area contributed by atoms with Crippen LogP contribution in [0, 0.1) is 0 Å². The van der Waals surface area contributed by atoms with Gasteiger partial charge in [-0.05, 0) is 70.6 Å². The number of ether oxygens (including phenoxy) is 3. The summed E-state index contributed by atoms with van der Waals surface area (Å²) in [4.78, 5) is 37.8. The van der Waals surface area contributed by atoms with E-state index in [2.05, 4.69) is 45.1 Å². The summed E-state index contributed by atoms with van der Waals surface area (Å²) < 4.78 is 16.7. The number of hydrogen-bond donors (Lipinski definition) is 0. The summed E-state index contributed by atoms with van der Waals surface area (Å²) in [6.07, 6.45) is 60.5. The third-order valence-electron chi connectivity index (χ3n) is 12.4. The van der Waals surface area contributed by atoms with Crippen LogP contribution in [0.2, 0.25) is 0 Å². The summed E-state index contributed by atoms with van der Waals surface area (Å²) >= 11 is 0. The lowest BCUT2D eigenvalue weighted by molar-refractivity contribution is -0.167. The Labute approximate surface area is 392 Å². The predicted octanol–water partition coefficient (Wildman–Crippen LogP) is 18.3. The highest BCUT2D eigenvalue weighted by Crippen LogP contribution is 2.16. The van der Waals surface area contributed by atoms with Gasteiger partial charge in [0.25, 0.3) is 0 Å². The number of carbonyl (C=O) groups excluding carboxylic acids is 3. The summed E-state index contributed by atoms with van der Waals surface area (Å²) in [5, 5.41) is 0. The highest BCUT2D eigenvalue weighted by Gasteiger charge is 2.19. The topological polar surface area (TPSA) is 78.9 Å². The zero-order valence-electron chi connectivity index (χ0n) is 42.4. The molecule has 0 aromatic rings. The number of unbranched alkanes of at least 4 members (excludes halogenated alkanes) is 36. The van der Waals surface area contributed by atoms with Crippen LogP contribution in [-0.2, 0) is 28.6 Å². The maximum absolute atomic E-state index is 12.7. The molecule has 1 atom stereocenters. The van der Waals surface area contributed by atoms with Gasteiger partial charge in [-0.1, -0.05) is 238 Å². The lowest BCUT2D eigenvalue weighted by Gasteiger charge is -2.18. The first-order valence-corrected chi connectivity index (χ1v) is 27.8. The Bertz CT molecular complexity index is 1020. The van der Waals surface area contributed by atoms with Crippen LogP contribution < -0.4 is 0 Å². The number of hydrogen-bond acceptors (Lipinski definition) is 6. The molecule has 1 unspecified atom stereocenters. The van der Waals surface area contributed by atoms with Gasteiger partial charge in [-0.15, -0.1) is 0 Å². The van der Waals surface area contributed by atoms with E-state index in [9.17, 15) is 14.4 Å². The molecule has 0 aliphatic carbocycles. The van der Waals surface area contributed by atoms with Crippen LogP contribution in [0.4, 0.5) is 0 Å². The van der Waals surface area contributed by atoms with Crippen molar-refractivity contribution < 1.29 is 28.6 Å². The quantitative estimate of drug-likeness (QED) is 0.0262. The summed E-state index contributed by atoms with van der Waals surface area (Å²) in [6.45, 7) is 6.60. The van der Waals surface area contributed by atoms with Crippen molar-refractivity contribution >= 4 is 17.9 Å². The molecule has 0 spiro atoms. The average Bonchev–Trinajstić information content (AvgIpc) is 3.28. The third-order valence-corrected chi connectivity index (χ3v) is 12.4. The Morgan fingerprint density at radius 2 is 0.524 bits per heavy atom. The van der Waals surface area contributed by atoms with Crippen molar-refractivity contribution in [3.05, 3.63) is 24.3 Å². The van der Waals surface area contributed by atoms with Crippen molar-refractivity contribution in [1.82, 2.24) is 0 Å². The molecule has 0 saturated carbocycles. The zero-order chi connectivity index (χ0) is 45.8. The fourth-order valence-electron chi connectivity index (χ4n) is 8.20. The van der Waals surface area contributed by atoms with Crippen LogP contribution in [0.25, 0.3) is 0 Å². The maximum atomic E-state index is 12.7. The van der Waals surface area contributed by atoms with Crippen molar-refractivity contribution in [3.8, 4) is 0 Å². The Balaban J connectivity index is 4.08. The second-order valence-electron chi connectivity index (χ2n) is 18.8. The monoisotopic (exact) mass is 887 g/mol. The number of rotatable bonds is 51. The van der Waals surface area contributed by atoms with Crippen LogP contribution in [0.1, 0.15) is 303 Å². The second kappa shape index (κ2) is 52.5. The van der Waals surface area contributed by atoms with Crippen LogP contribution >= 0.6 is 0 Å². The first-order chi connectivity index (χ1) is 31.0. The molecular formula is C57H106O6. The lowest BCUT2D eigenvalue weighted by Crippen LogP contribution is -2.30. The Kier molecular flexibility index (Phi) is 50.8. The Morgan fingerprint density at radius 3 is 0.810 bits per heavy atom. The molecule has 370 valence electrons. The summed E-state index contributed by atoms with van der Waals surface area (Å²) in [5.74, 6) is -0.874. The molecular weight excluding hydrogens is 781 g/mol. The van der Waals surface area contributed by atoms with E-state index in [1.54, 1.807) is 0 Å². The van der Waals surface area contributed by atoms with Gasteiger partial charge < -0.3 is 14.2 Å². The second-order valence-corrected chi connectivity index (χ2v) is 18.8. The summed E-state index contributed by atoms with van der Waals surface area (Å²) in [6, 6.07) is 0. The standard InChI is InChI=1S/C57H106O6/c1-4-7-10-13-16-18-20-22-23-24-25-26-27-28-29-30-31-32-33-35-36-38-41-44-47-50-56(59)62-53-54(52-61-55(58)49-46-43-40-15-12-9-6-3)63-57(60)51-48-45-42-39-37-34-21-19-17-14-11-8-5-2/h19,21,24-25,54H,4-18,20,22-23,26-53H2,1-3H3/b21-19-,25-24-. The smallest absolute Gasteiger partial charge is 0.306 e. The van der Waals surface area contributed by atoms with Crippen LogP contribution in [0.5, 0.6) is 0 Å². The molecule has 0 saturated heterocycles. The van der Waals surface area contributed by atoms with E-state index in [-0.39, 0.29) is 31.1 Å². The maximum Gasteiger partial charge on any atom is 0.306 e. The molecule has 0 aliphatic heterocycles. The predicted molar refractivity (Wildman–Crippen MR) is 270 cm³/mol. The van der Waals surface area contributed by atoms with Crippen molar-refractivity contribution in [2.45, 2.75) is 309 Å². The Hall–Kier alpha value is -2.11. The van der Waals surface area contributed by atoms with Gasteiger partial charge in [0.05, 0.1) is 0 Å². The van der Waals surface area contributed by atoms with E-state index in [0.717, 1.165) is 64.2 Å².